The fourth-order valence-electron chi connectivity index (χ4n) is 4.94. The third-order valence-corrected chi connectivity index (χ3v) is 7.18. The van der Waals surface area contributed by atoms with Gasteiger partial charge < -0.3 is 9.47 Å². The van der Waals surface area contributed by atoms with Crippen LogP contribution in [0.25, 0.3) is 0 Å². The Kier molecular flexibility index (Phi) is 10.2. The highest BCUT2D eigenvalue weighted by molar-refractivity contribution is 6.34. The third kappa shape index (κ3) is 9.15. The number of ether oxygens (including phenoxy) is 2. The molecule has 0 N–H and O–H groups in total. The van der Waals surface area contributed by atoms with E-state index < -0.39 is 16.9 Å². The number of rotatable bonds is 11. The Hall–Kier alpha value is -2.37. The molecular weight excluding hydrogens is 511 g/mol. The first-order valence-corrected chi connectivity index (χ1v) is 13.6. The molecule has 3 rings (SSSR count). The lowest BCUT2D eigenvalue weighted by atomic mass is 9.76. The minimum Gasteiger partial charge on any atom is -0.461 e. The summed E-state index contributed by atoms with van der Waals surface area (Å²) < 4.78 is 11.2. The van der Waals surface area contributed by atoms with Gasteiger partial charge in [-0.25, -0.2) is 0 Å². The molecule has 1 aliphatic rings. The molecule has 37 heavy (non-hydrogen) atoms. The molecule has 5 nitrogen and oxygen atoms in total. The molecule has 0 bridgehead atoms. The van der Waals surface area contributed by atoms with Gasteiger partial charge in [-0.3, -0.25) is 14.4 Å². The normalized spacial score (nSPS) is 15.7. The predicted molar refractivity (Wildman–Crippen MR) is 145 cm³/mol. The predicted octanol–water partition coefficient (Wildman–Crippen LogP) is 7.54. The summed E-state index contributed by atoms with van der Waals surface area (Å²) >= 11 is 12.3. The molecule has 7 heteroatoms. The fraction of sp³-hybridized carbons (Fsp3) is 0.500. The minimum absolute atomic E-state index is 0.0133. The van der Waals surface area contributed by atoms with Crippen LogP contribution in [0.3, 0.4) is 0 Å². The molecule has 1 unspecified atom stereocenters. The molecule has 0 radical (unpaired) electrons. The van der Waals surface area contributed by atoms with Crippen molar-refractivity contribution >= 4 is 40.9 Å². The Morgan fingerprint density at radius 1 is 0.946 bits per heavy atom. The summed E-state index contributed by atoms with van der Waals surface area (Å²) in [5.41, 5.74) is 0.330. The van der Waals surface area contributed by atoms with Gasteiger partial charge in [0.1, 0.15) is 18.0 Å². The second kappa shape index (κ2) is 12.9. The van der Waals surface area contributed by atoms with Crippen LogP contribution in [0.4, 0.5) is 0 Å². The number of carbonyl (C=O) groups excluding carboxylic acids is 3. The van der Waals surface area contributed by atoms with Crippen molar-refractivity contribution < 1.29 is 23.9 Å². The molecule has 2 aromatic rings. The number of hydrogen-bond acceptors (Lipinski definition) is 5. The number of carbonyl (C=O) groups is 3. The van der Waals surface area contributed by atoms with E-state index in [4.69, 9.17) is 32.7 Å². The van der Waals surface area contributed by atoms with E-state index in [1.165, 1.54) is 0 Å². The quantitative estimate of drug-likeness (QED) is 0.272. The Morgan fingerprint density at radius 3 is 2.16 bits per heavy atom. The van der Waals surface area contributed by atoms with Gasteiger partial charge in [-0.05, 0) is 75.8 Å². The lowest BCUT2D eigenvalue weighted by molar-refractivity contribution is -0.160. The molecule has 0 saturated heterocycles. The van der Waals surface area contributed by atoms with Crippen LogP contribution in [0.1, 0.15) is 76.8 Å². The lowest BCUT2D eigenvalue weighted by Crippen LogP contribution is -2.34. The molecule has 1 saturated carbocycles. The molecule has 200 valence electrons. The van der Waals surface area contributed by atoms with Crippen molar-refractivity contribution in [2.75, 3.05) is 0 Å². The molecule has 0 amide bonds. The first-order valence-electron chi connectivity index (χ1n) is 12.9. The maximum atomic E-state index is 13.5. The number of halogens is 2. The standard InChI is InChI=1S/C30H36Cl2O5/c1-29(2,3)37-28(35)23(15-22-16-24(31)18-25(32)17-22)11-12-26(33)30(13-7-8-14-30)19-27(34)36-20-21-9-5-4-6-10-21/h4-6,9-10,16-18,23H,7-8,11-15,19-20H2,1-3H3. The zero-order valence-electron chi connectivity index (χ0n) is 21.9. The summed E-state index contributed by atoms with van der Waals surface area (Å²) in [5, 5.41) is 0.973. The van der Waals surface area contributed by atoms with Gasteiger partial charge >= 0.3 is 11.9 Å². The van der Waals surface area contributed by atoms with Crippen LogP contribution >= 0.6 is 23.2 Å². The smallest absolute Gasteiger partial charge is 0.309 e. The van der Waals surface area contributed by atoms with Gasteiger partial charge in [-0.1, -0.05) is 66.4 Å². The van der Waals surface area contributed by atoms with Crippen molar-refractivity contribution in [1.82, 2.24) is 0 Å². The molecule has 2 aromatic carbocycles. The molecule has 1 atom stereocenters. The van der Waals surface area contributed by atoms with Crippen LogP contribution in [0, 0.1) is 11.3 Å². The molecule has 0 heterocycles. The van der Waals surface area contributed by atoms with Gasteiger partial charge in [0.15, 0.2) is 0 Å². The van der Waals surface area contributed by atoms with E-state index in [0.29, 0.717) is 35.7 Å². The SMILES string of the molecule is CC(C)(C)OC(=O)C(CCC(=O)C1(CC(=O)OCc2ccccc2)CCCC1)Cc1cc(Cl)cc(Cl)c1. The largest absolute Gasteiger partial charge is 0.461 e. The molecule has 1 aliphatic carbocycles. The zero-order valence-corrected chi connectivity index (χ0v) is 23.4. The van der Waals surface area contributed by atoms with Crippen molar-refractivity contribution in [3.05, 3.63) is 69.7 Å². The van der Waals surface area contributed by atoms with Gasteiger partial charge in [-0.15, -0.1) is 0 Å². The topological polar surface area (TPSA) is 69.7 Å². The lowest BCUT2D eigenvalue weighted by Gasteiger charge is -2.28. The number of benzene rings is 2. The zero-order chi connectivity index (χ0) is 27.1. The van der Waals surface area contributed by atoms with Crippen molar-refractivity contribution in [3.63, 3.8) is 0 Å². The van der Waals surface area contributed by atoms with Crippen LogP contribution in [0.2, 0.25) is 10.0 Å². The Morgan fingerprint density at radius 2 is 1.57 bits per heavy atom. The summed E-state index contributed by atoms with van der Waals surface area (Å²) in [6, 6.07) is 14.7. The summed E-state index contributed by atoms with van der Waals surface area (Å²) in [4.78, 5) is 39.3. The highest BCUT2D eigenvalue weighted by atomic mass is 35.5. The fourth-order valence-corrected chi connectivity index (χ4v) is 5.51. The molecule has 0 aromatic heterocycles. The van der Waals surface area contributed by atoms with Crippen molar-refractivity contribution in [3.8, 4) is 0 Å². The second-order valence-electron chi connectivity index (χ2n) is 11.0. The monoisotopic (exact) mass is 546 g/mol. The molecule has 0 spiro atoms. The average molecular weight is 548 g/mol. The van der Waals surface area contributed by atoms with Crippen LogP contribution in [-0.2, 0) is 36.9 Å². The van der Waals surface area contributed by atoms with E-state index in [2.05, 4.69) is 0 Å². The van der Waals surface area contributed by atoms with Crippen LogP contribution in [0.15, 0.2) is 48.5 Å². The molecule has 0 aliphatic heterocycles. The van der Waals surface area contributed by atoms with E-state index in [-0.39, 0.29) is 37.2 Å². The maximum Gasteiger partial charge on any atom is 0.309 e. The summed E-state index contributed by atoms with van der Waals surface area (Å²) in [5.74, 6) is -1.25. The van der Waals surface area contributed by atoms with Crippen LogP contribution < -0.4 is 0 Å². The Labute approximate surface area is 229 Å². The Bertz CT molecular complexity index is 1060. The number of ketones is 1. The average Bonchev–Trinajstić information content (AvgIpc) is 3.28. The number of esters is 2. The number of Topliss-reactive ketones (excluding diaryl/α,β-unsaturated/α-hetero) is 1. The number of hydrogen-bond donors (Lipinski definition) is 0. The van der Waals surface area contributed by atoms with E-state index in [0.717, 1.165) is 24.0 Å². The Balaban J connectivity index is 1.67. The van der Waals surface area contributed by atoms with E-state index in [1.807, 2.05) is 51.1 Å². The van der Waals surface area contributed by atoms with Crippen LogP contribution in [0.5, 0.6) is 0 Å². The summed E-state index contributed by atoms with van der Waals surface area (Å²) in [6.07, 6.45) is 4.04. The molecular formula is C30H36Cl2O5. The molecule has 1 fully saturated rings. The highest BCUT2D eigenvalue weighted by Gasteiger charge is 2.43. The minimum atomic E-state index is -0.731. The van der Waals surface area contributed by atoms with E-state index >= 15 is 0 Å². The van der Waals surface area contributed by atoms with Crippen molar-refractivity contribution in [1.29, 1.82) is 0 Å². The van der Waals surface area contributed by atoms with Gasteiger partial charge in [-0.2, -0.15) is 0 Å². The van der Waals surface area contributed by atoms with Crippen LogP contribution in [-0.4, -0.2) is 23.3 Å². The first kappa shape index (κ1) is 29.2. The van der Waals surface area contributed by atoms with Gasteiger partial charge in [0.2, 0.25) is 0 Å². The summed E-state index contributed by atoms with van der Waals surface area (Å²) in [6.45, 7) is 5.64. The van der Waals surface area contributed by atoms with Gasteiger partial charge in [0, 0.05) is 21.9 Å². The van der Waals surface area contributed by atoms with E-state index in [1.54, 1.807) is 18.2 Å². The second-order valence-corrected chi connectivity index (χ2v) is 11.9. The summed E-state index contributed by atoms with van der Waals surface area (Å²) in [7, 11) is 0. The maximum absolute atomic E-state index is 13.5. The first-order chi connectivity index (χ1) is 17.5. The van der Waals surface area contributed by atoms with E-state index in [9.17, 15) is 14.4 Å². The third-order valence-electron chi connectivity index (χ3n) is 6.74. The van der Waals surface area contributed by atoms with Gasteiger partial charge in [0.05, 0.1) is 12.3 Å². The highest BCUT2D eigenvalue weighted by Crippen LogP contribution is 2.43. The van der Waals surface area contributed by atoms with Crippen molar-refractivity contribution in [2.24, 2.45) is 11.3 Å². The van der Waals surface area contributed by atoms with Crippen molar-refractivity contribution in [2.45, 2.75) is 84.3 Å². The van der Waals surface area contributed by atoms with Gasteiger partial charge in [0.25, 0.3) is 0 Å².